The van der Waals surface area contributed by atoms with Gasteiger partial charge in [0, 0.05) is 30.1 Å². The average molecular weight is 470 g/mol. The minimum absolute atomic E-state index is 0.00118. The number of alkyl carbamates (subject to hydrolysis) is 1. The van der Waals surface area contributed by atoms with Gasteiger partial charge >= 0.3 is 6.09 Å². The zero-order valence-corrected chi connectivity index (χ0v) is 19.7. The highest BCUT2D eigenvalue weighted by molar-refractivity contribution is 5.69. The number of anilines is 3. The van der Waals surface area contributed by atoms with E-state index in [1.54, 1.807) is 45.2 Å². The zero-order valence-electron chi connectivity index (χ0n) is 19.7. The Morgan fingerprint density at radius 2 is 1.74 bits per heavy atom. The molecule has 2 aromatic rings. The summed E-state index contributed by atoms with van der Waals surface area (Å²) in [6.45, 7) is 5.38. The number of benzene rings is 1. The number of amides is 1. The van der Waals surface area contributed by atoms with Crippen LogP contribution in [0.1, 0.15) is 20.8 Å². The number of halogens is 1. The van der Waals surface area contributed by atoms with Crippen LogP contribution in [0.2, 0.25) is 0 Å². The van der Waals surface area contributed by atoms with Crippen molar-refractivity contribution in [2.75, 3.05) is 24.9 Å². The molecule has 34 heavy (non-hydrogen) atoms. The van der Waals surface area contributed by atoms with E-state index < -0.39 is 17.5 Å². The molecular formula is C24H28FN5O4. The second-order valence-electron chi connectivity index (χ2n) is 8.30. The standard InChI is InChI=1S/C24H28FN5O4/c1-24(2,3)34-23(31)27-13-15-6-8-16(9-7-15)29-22-26-14-20(25)21(30-22)28-17-10-18(32-4)12-19(11-17)33-5/h6-14,16H,1-5H3,(H,27,31)(H2,26,28,29,30). The largest absolute Gasteiger partial charge is 0.497 e. The molecule has 0 radical (unpaired) electrons. The Morgan fingerprint density at radius 3 is 2.32 bits per heavy atom. The first-order valence-corrected chi connectivity index (χ1v) is 10.5. The van der Waals surface area contributed by atoms with Crippen LogP contribution in [0, 0.1) is 5.82 Å². The lowest BCUT2D eigenvalue weighted by atomic mass is 10.1. The number of carbonyl (C=O) groups excluding carboxylic acids is 1. The molecule has 0 aliphatic heterocycles. The molecule has 0 atom stereocenters. The van der Waals surface area contributed by atoms with Gasteiger partial charge < -0.3 is 24.8 Å². The van der Waals surface area contributed by atoms with Crippen LogP contribution in [0.3, 0.4) is 0 Å². The molecule has 1 aliphatic rings. The van der Waals surface area contributed by atoms with Gasteiger partial charge in [-0.1, -0.05) is 24.3 Å². The Labute approximate surface area is 197 Å². The molecule has 0 saturated heterocycles. The predicted molar refractivity (Wildman–Crippen MR) is 128 cm³/mol. The second kappa shape index (κ2) is 10.7. The number of ether oxygens (including phenoxy) is 3. The van der Waals surface area contributed by atoms with Crippen LogP contribution in [0.4, 0.5) is 26.6 Å². The van der Waals surface area contributed by atoms with E-state index in [9.17, 15) is 9.18 Å². The summed E-state index contributed by atoms with van der Waals surface area (Å²) in [6, 6.07) is 4.88. The molecule has 1 aliphatic carbocycles. The molecule has 10 heteroatoms. The van der Waals surface area contributed by atoms with Crippen LogP contribution < -0.4 is 25.4 Å². The molecule has 1 aromatic carbocycles. The summed E-state index contributed by atoms with van der Waals surface area (Å²) in [7, 11) is 3.07. The van der Waals surface area contributed by atoms with Gasteiger partial charge in [-0.15, -0.1) is 0 Å². The first-order chi connectivity index (χ1) is 16.1. The van der Waals surface area contributed by atoms with Crippen molar-refractivity contribution in [2.45, 2.75) is 32.4 Å². The van der Waals surface area contributed by atoms with Gasteiger partial charge in [-0.3, -0.25) is 5.32 Å². The lowest BCUT2D eigenvalue weighted by Crippen LogP contribution is -2.29. The van der Waals surface area contributed by atoms with Gasteiger partial charge in [0.25, 0.3) is 0 Å². The number of nitrogens with zero attached hydrogens (tertiary/aromatic N) is 2. The number of hydrogen-bond acceptors (Lipinski definition) is 8. The molecule has 0 spiro atoms. The molecule has 9 nitrogen and oxygen atoms in total. The summed E-state index contributed by atoms with van der Waals surface area (Å²) in [6.07, 6.45) is 9.46. The highest BCUT2D eigenvalue weighted by Gasteiger charge is 2.15. The lowest BCUT2D eigenvalue weighted by Gasteiger charge is -2.19. The fourth-order valence-electron chi connectivity index (χ4n) is 2.88. The fraction of sp³-hybridized carbons (Fsp3) is 0.292. The fourth-order valence-corrected chi connectivity index (χ4v) is 2.88. The number of carbonyl (C=O) groups is 1. The van der Waals surface area contributed by atoms with E-state index in [0.29, 0.717) is 17.2 Å². The van der Waals surface area contributed by atoms with Crippen LogP contribution in [0.5, 0.6) is 11.5 Å². The number of allylic oxidation sites excluding steroid dienone is 3. The average Bonchev–Trinajstić information content (AvgIpc) is 2.79. The Hall–Kier alpha value is -4.08. The van der Waals surface area contributed by atoms with Crippen molar-refractivity contribution in [2.24, 2.45) is 0 Å². The SMILES string of the molecule is COc1cc(Nc2nc(NC3C=CC(=CNC(=O)OC(C)(C)C)C=C3)ncc2F)cc(OC)c1. The maximum absolute atomic E-state index is 14.3. The van der Waals surface area contributed by atoms with Crippen molar-refractivity contribution in [1.29, 1.82) is 0 Å². The predicted octanol–water partition coefficient (Wildman–Crippen LogP) is 4.69. The topological polar surface area (TPSA) is 107 Å². The molecule has 1 aromatic heterocycles. The molecule has 1 heterocycles. The third-order valence-corrected chi connectivity index (χ3v) is 4.40. The summed E-state index contributed by atoms with van der Waals surface area (Å²) < 4.78 is 30.0. The molecule has 180 valence electrons. The van der Waals surface area contributed by atoms with Gasteiger partial charge in [0.05, 0.1) is 26.5 Å². The van der Waals surface area contributed by atoms with Crippen LogP contribution >= 0.6 is 0 Å². The van der Waals surface area contributed by atoms with Crippen molar-refractivity contribution in [3.05, 3.63) is 66.3 Å². The van der Waals surface area contributed by atoms with Crippen molar-refractivity contribution < 1.29 is 23.4 Å². The molecule has 3 rings (SSSR count). The third-order valence-electron chi connectivity index (χ3n) is 4.40. The first kappa shape index (κ1) is 24.6. The van der Waals surface area contributed by atoms with Gasteiger partial charge in [-0.05, 0) is 26.3 Å². The number of nitrogens with one attached hydrogen (secondary N) is 3. The number of rotatable bonds is 7. The number of methoxy groups -OCH3 is 2. The molecular weight excluding hydrogens is 441 g/mol. The van der Waals surface area contributed by atoms with E-state index in [2.05, 4.69) is 25.9 Å². The second-order valence-corrected chi connectivity index (χ2v) is 8.30. The molecule has 0 saturated carbocycles. The van der Waals surface area contributed by atoms with E-state index in [-0.39, 0.29) is 17.8 Å². The lowest BCUT2D eigenvalue weighted by molar-refractivity contribution is 0.0552. The Morgan fingerprint density at radius 1 is 1.09 bits per heavy atom. The van der Waals surface area contributed by atoms with E-state index in [0.717, 1.165) is 11.8 Å². The van der Waals surface area contributed by atoms with Gasteiger partial charge in [-0.25, -0.2) is 14.2 Å². The van der Waals surface area contributed by atoms with Crippen LogP contribution in [-0.4, -0.2) is 41.9 Å². The van der Waals surface area contributed by atoms with Crippen LogP contribution in [0.25, 0.3) is 0 Å². The Kier molecular flexibility index (Phi) is 7.72. The minimum atomic E-state index is -0.611. The van der Waals surface area contributed by atoms with Gasteiger partial charge in [0.1, 0.15) is 17.1 Å². The van der Waals surface area contributed by atoms with Gasteiger partial charge in [0.15, 0.2) is 11.6 Å². The molecule has 1 amide bonds. The van der Waals surface area contributed by atoms with Crippen molar-refractivity contribution >= 4 is 23.5 Å². The highest BCUT2D eigenvalue weighted by Crippen LogP contribution is 2.28. The third kappa shape index (κ3) is 7.22. The highest BCUT2D eigenvalue weighted by atomic mass is 19.1. The minimum Gasteiger partial charge on any atom is -0.497 e. The molecule has 0 fully saturated rings. The van der Waals surface area contributed by atoms with Crippen LogP contribution in [0.15, 0.2) is 60.5 Å². The monoisotopic (exact) mass is 469 g/mol. The molecule has 3 N–H and O–H groups in total. The Bertz CT molecular complexity index is 1090. The van der Waals surface area contributed by atoms with Gasteiger partial charge in [-0.2, -0.15) is 4.98 Å². The number of hydrogen-bond donors (Lipinski definition) is 3. The van der Waals surface area contributed by atoms with Gasteiger partial charge in [0.2, 0.25) is 5.95 Å². The van der Waals surface area contributed by atoms with Crippen molar-refractivity contribution in [3.8, 4) is 11.5 Å². The van der Waals surface area contributed by atoms with E-state index >= 15 is 0 Å². The summed E-state index contributed by atoms with van der Waals surface area (Å²) in [5.41, 5.74) is 0.750. The summed E-state index contributed by atoms with van der Waals surface area (Å²) in [4.78, 5) is 20.0. The maximum atomic E-state index is 14.3. The molecule has 0 bridgehead atoms. The van der Waals surface area contributed by atoms with E-state index in [1.165, 1.54) is 14.2 Å². The van der Waals surface area contributed by atoms with Crippen LogP contribution in [-0.2, 0) is 4.74 Å². The van der Waals surface area contributed by atoms with Crippen molar-refractivity contribution in [3.63, 3.8) is 0 Å². The smallest absolute Gasteiger partial charge is 0.411 e. The summed E-state index contributed by atoms with van der Waals surface area (Å²) in [5.74, 6) is 0.728. The summed E-state index contributed by atoms with van der Waals surface area (Å²) >= 11 is 0. The Balaban J connectivity index is 1.64. The van der Waals surface area contributed by atoms with E-state index in [4.69, 9.17) is 14.2 Å². The summed E-state index contributed by atoms with van der Waals surface area (Å²) in [5, 5.41) is 8.62. The first-order valence-electron chi connectivity index (χ1n) is 10.5. The normalized spacial score (nSPS) is 14.9. The molecule has 0 unspecified atom stereocenters. The maximum Gasteiger partial charge on any atom is 0.411 e. The quantitative estimate of drug-likeness (QED) is 0.536. The van der Waals surface area contributed by atoms with Crippen molar-refractivity contribution in [1.82, 2.24) is 15.3 Å². The number of aromatic nitrogens is 2. The zero-order chi connectivity index (χ0) is 24.7. The van der Waals surface area contributed by atoms with E-state index in [1.807, 2.05) is 24.3 Å².